The monoisotopic (exact) mass is 413 g/mol. The Morgan fingerprint density at radius 3 is 2.41 bits per heavy atom. The Labute approximate surface area is 174 Å². The van der Waals surface area contributed by atoms with Crippen LogP contribution < -0.4 is 5.32 Å². The number of aliphatic carboxylic acids is 1. The maximum Gasteiger partial charge on any atom is 0.410 e. The molecule has 1 saturated carbocycles. The molecule has 1 aliphatic carbocycles. The molecule has 0 aromatic heterocycles. The van der Waals surface area contributed by atoms with Gasteiger partial charge in [-0.05, 0) is 31.1 Å². The van der Waals surface area contributed by atoms with E-state index in [1.807, 2.05) is 13.8 Å². The van der Waals surface area contributed by atoms with Crippen LogP contribution in [0.1, 0.15) is 91.9 Å². The fourth-order valence-electron chi connectivity index (χ4n) is 3.88. The molecule has 2 unspecified atom stereocenters. The van der Waals surface area contributed by atoms with E-state index < -0.39 is 24.3 Å². The van der Waals surface area contributed by atoms with Crippen LogP contribution in [0, 0.1) is 17.8 Å². The SMILES string of the molecule is CC(=O)O[C@H](OC(=O)NC1CCCC(CC[C@H](C)CCCCC(=O)O)C1)C(C)C. The van der Waals surface area contributed by atoms with E-state index in [9.17, 15) is 14.4 Å². The number of esters is 1. The van der Waals surface area contributed by atoms with Crippen molar-refractivity contribution in [3.8, 4) is 0 Å². The van der Waals surface area contributed by atoms with Gasteiger partial charge in [0.25, 0.3) is 6.29 Å². The molecule has 0 bridgehead atoms. The van der Waals surface area contributed by atoms with E-state index >= 15 is 0 Å². The van der Waals surface area contributed by atoms with Crippen molar-refractivity contribution < 1.29 is 29.0 Å². The highest BCUT2D eigenvalue weighted by Gasteiger charge is 2.26. The number of ether oxygens (including phenoxy) is 2. The number of hydrogen-bond donors (Lipinski definition) is 2. The summed E-state index contributed by atoms with van der Waals surface area (Å²) >= 11 is 0. The first kappa shape index (κ1) is 25.2. The van der Waals surface area contributed by atoms with Gasteiger partial charge >= 0.3 is 18.0 Å². The number of alkyl carbamates (subject to hydrolysis) is 1. The largest absolute Gasteiger partial charge is 0.481 e. The molecule has 4 atom stereocenters. The highest BCUT2D eigenvalue weighted by atomic mass is 16.7. The second kappa shape index (κ2) is 13.4. The normalized spacial score (nSPS) is 21.3. The van der Waals surface area contributed by atoms with Crippen LogP contribution in [0.5, 0.6) is 0 Å². The van der Waals surface area contributed by atoms with Gasteiger partial charge in [-0.2, -0.15) is 0 Å². The first-order valence-electron chi connectivity index (χ1n) is 11.0. The first-order chi connectivity index (χ1) is 13.7. The number of carbonyl (C=O) groups excluding carboxylic acids is 2. The van der Waals surface area contributed by atoms with Gasteiger partial charge in [0.05, 0.1) is 0 Å². The third-order valence-electron chi connectivity index (χ3n) is 5.56. The Morgan fingerprint density at radius 2 is 1.79 bits per heavy atom. The molecular weight excluding hydrogens is 374 g/mol. The lowest BCUT2D eigenvalue weighted by atomic mass is 9.81. The first-order valence-corrected chi connectivity index (χ1v) is 11.0. The van der Waals surface area contributed by atoms with E-state index in [2.05, 4.69) is 12.2 Å². The van der Waals surface area contributed by atoms with Gasteiger partial charge in [0, 0.05) is 25.3 Å². The molecule has 0 heterocycles. The lowest BCUT2D eigenvalue weighted by Crippen LogP contribution is -2.41. The van der Waals surface area contributed by atoms with Crippen molar-refractivity contribution in [2.75, 3.05) is 0 Å². The summed E-state index contributed by atoms with van der Waals surface area (Å²) < 4.78 is 10.4. The number of hydrogen-bond acceptors (Lipinski definition) is 5. The van der Waals surface area contributed by atoms with Gasteiger partial charge in [0.1, 0.15) is 0 Å². The molecule has 1 aliphatic rings. The van der Waals surface area contributed by atoms with Crippen molar-refractivity contribution in [3.63, 3.8) is 0 Å². The van der Waals surface area contributed by atoms with Crippen LogP contribution in [0.4, 0.5) is 4.79 Å². The van der Waals surface area contributed by atoms with Crippen molar-refractivity contribution in [3.05, 3.63) is 0 Å². The zero-order chi connectivity index (χ0) is 21.8. The van der Waals surface area contributed by atoms with Gasteiger partial charge in [0.15, 0.2) is 0 Å². The van der Waals surface area contributed by atoms with E-state index in [0.29, 0.717) is 11.8 Å². The summed E-state index contributed by atoms with van der Waals surface area (Å²) in [6.45, 7) is 7.20. The Balaban J connectivity index is 2.31. The molecule has 0 aromatic carbocycles. The zero-order valence-electron chi connectivity index (χ0n) is 18.4. The Morgan fingerprint density at radius 1 is 1.07 bits per heavy atom. The van der Waals surface area contributed by atoms with Gasteiger partial charge in [0.2, 0.25) is 0 Å². The van der Waals surface area contributed by atoms with Crippen LogP contribution in [-0.4, -0.2) is 35.5 Å². The number of nitrogens with one attached hydrogen (secondary N) is 1. The molecule has 1 rings (SSSR count). The van der Waals surface area contributed by atoms with Gasteiger partial charge in [-0.25, -0.2) is 4.79 Å². The van der Waals surface area contributed by atoms with E-state index in [1.54, 1.807) is 0 Å². The highest BCUT2D eigenvalue weighted by Crippen LogP contribution is 2.30. The maximum absolute atomic E-state index is 12.2. The van der Waals surface area contributed by atoms with Crippen molar-refractivity contribution in [1.29, 1.82) is 0 Å². The Kier molecular flexibility index (Phi) is 11.7. The molecule has 7 heteroatoms. The average Bonchev–Trinajstić information content (AvgIpc) is 2.62. The van der Waals surface area contributed by atoms with Crippen LogP contribution in [0.25, 0.3) is 0 Å². The number of carboxylic acids is 1. The second-order valence-electron chi connectivity index (χ2n) is 8.82. The van der Waals surface area contributed by atoms with E-state index in [1.165, 1.54) is 13.3 Å². The summed E-state index contributed by atoms with van der Waals surface area (Å²) in [7, 11) is 0. The summed E-state index contributed by atoms with van der Waals surface area (Å²) in [6.07, 6.45) is 8.07. The van der Waals surface area contributed by atoms with Crippen LogP contribution in [-0.2, 0) is 19.1 Å². The van der Waals surface area contributed by atoms with Gasteiger partial charge < -0.3 is 19.9 Å². The third kappa shape index (κ3) is 11.7. The number of carboxylic acid groups (broad SMARTS) is 1. The number of amides is 1. The molecule has 29 heavy (non-hydrogen) atoms. The third-order valence-corrected chi connectivity index (χ3v) is 5.56. The van der Waals surface area contributed by atoms with E-state index in [-0.39, 0.29) is 18.4 Å². The molecule has 0 radical (unpaired) electrons. The molecule has 0 aliphatic heterocycles. The standard InChI is InChI=1S/C22H39NO6/c1-15(2)21(28-17(4)24)29-22(27)23-19-10-7-9-18(14-19)13-12-16(3)8-5-6-11-20(25)26/h15-16,18-19,21H,5-14H2,1-4H3,(H,23,27)(H,25,26)/t16-,18?,19?,21-/m1/s1. The quantitative estimate of drug-likeness (QED) is 0.269. The van der Waals surface area contributed by atoms with Gasteiger partial charge in [-0.1, -0.05) is 59.3 Å². The van der Waals surface area contributed by atoms with E-state index in [0.717, 1.165) is 51.4 Å². The molecule has 0 spiro atoms. The van der Waals surface area contributed by atoms with Crippen LogP contribution in [0.3, 0.4) is 0 Å². The van der Waals surface area contributed by atoms with Crippen molar-refractivity contribution >= 4 is 18.0 Å². The minimum absolute atomic E-state index is 0.0947. The lowest BCUT2D eigenvalue weighted by molar-refractivity contribution is -0.172. The molecule has 7 nitrogen and oxygen atoms in total. The van der Waals surface area contributed by atoms with Crippen LogP contribution >= 0.6 is 0 Å². The highest BCUT2D eigenvalue weighted by molar-refractivity contribution is 5.69. The lowest BCUT2D eigenvalue weighted by Gasteiger charge is -2.31. The van der Waals surface area contributed by atoms with Crippen molar-refractivity contribution in [2.45, 2.75) is 104 Å². The van der Waals surface area contributed by atoms with Crippen molar-refractivity contribution in [1.82, 2.24) is 5.32 Å². The Hall–Kier alpha value is -1.79. The maximum atomic E-state index is 12.2. The minimum Gasteiger partial charge on any atom is -0.481 e. The average molecular weight is 414 g/mol. The van der Waals surface area contributed by atoms with Crippen LogP contribution in [0.2, 0.25) is 0 Å². The molecule has 0 saturated heterocycles. The van der Waals surface area contributed by atoms with Crippen molar-refractivity contribution in [2.24, 2.45) is 17.8 Å². The minimum atomic E-state index is -0.867. The summed E-state index contributed by atoms with van der Waals surface area (Å²) in [6, 6.07) is 0.0947. The summed E-state index contributed by atoms with van der Waals surface area (Å²) in [5.41, 5.74) is 0. The van der Waals surface area contributed by atoms with Crippen LogP contribution in [0.15, 0.2) is 0 Å². The molecule has 2 N–H and O–H groups in total. The number of carbonyl (C=O) groups is 3. The number of unbranched alkanes of at least 4 members (excludes halogenated alkanes) is 1. The topological polar surface area (TPSA) is 102 Å². The fourth-order valence-corrected chi connectivity index (χ4v) is 3.88. The van der Waals surface area contributed by atoms with E-state index in [4.69, 9.17) is 14.6 Å². The zero-order valence-corrected chi connectivity index (χ0v) is 18.4. The molecule has 168 valence electrons. The fraction of sp³-hybridized carbons (Fsp3) is 0.864. The predicted molar refractivity (Wildman–Crippen MR) is 110 cm³/mol. The number of rotatable bonds is 12. The molecular formula is C22H39NO6. The summed E-state index contributed by atoms with van der Waals surface area (Å²) in [5, 5.41) is 11.6. The molecule has 1 fully saturated rings. The Bertz CT molecular complexity index is 521. The summed E-state index contributed by atoms with van der Waals surface area (Å²) in [5.74, 6) is -0.112. The molecule has 1 amide bonds. The smallest absolute Gasteiger partial charge is 0.410 e. The van der Waals surface area contributed by atoms with Gasteiger partial charge in [-0.15, -0.1) is 0 Å². The predicted octanol–water partition coefficient (Wildman–Crippen LogP) is 4.88. The van der Waals surface area contributed by atoms with Gasteiger partial charge in [-0.3, -0.25) is 9.59 Å². The summed E-state index contributed by atoms with van der Waals surface area (Å²) in [4.78, 5) is 33.9. The molecule has 0 aromatic rings. The second-order valence-corrected chi connectivity index (χ2v) is 8.82.